The number of anilines is 1. The van der Waals surface area contributed by atoms with Crippen molar-refractivity contribution in [2.24, 2.45) is 0 Å². The Kier molecular flexibility index (Phi) is 3.90. The van der Waals surface area contributed by atoms with Crippen LogP contribution in [-0.4, -0.2) is 26.7 Å². The predicted molar refractivity (Wildman–Crippen MR) is 62.9 cm³/mol. The van der Waals surface area contributed by atoms with Crippen LogP contribution in [0.3, 0.4) is 0 Å². The third kappa shape index (κ3) is 2.04. The number of fused-ring (bicyclic) bond motifs is 1. The number of nitrogen functional groups attached to an aromatic ring is 1. The number of halogens is 2. The number of nitrogens with zero attached hydrogens (tertiary/aromatic N) is 4. The summed E-state index contributed by atoms with van der Waals surface area (Å²) in [4.78, 5) is 7.93. The Balaban J connectivity index is 0.00000128. The van der Waals surface area contributed by atoms with E-state index in [9.17, 15) is 0 Å². The molecule has 0 bridgehead atoms. The molecule has 8 heteroatoms. The molecule has 88 valence electrons. The fourth-order valence-electron chi connectivity index (χ4n) is 1.36. The number of aromatic nitrogens is 4. The zero-order chi connectivity index (χ0) is 11.0. The average Bonchev–Trinajstić information content (AvgIpc) is 2.57. The molecular weight excluding hydrogens is 253 g/mol. The Morgan fingerprint density at radius 1 is 1.56 bits per heavy atom. The van der Waals surface area contributed by atoms with Crippen molar-refractivity contribution in [3.8, 4) is 0 Å². The second kappa shape index (κ2) is 4.82. The molecule has 0 spiro atoms. The number of nitrogens with two attached hydrogens (primary N) is 1. The monoisotopic (exact) mass is 263 g/mol. The van der Waals surface area contributed by atoms with Crippen molar-refractivity contribution in [3.05, 3.63) is 17.2 Å². The summed E-state index contributed by atoms with van der Waals surface area (Å²) in [6.07, 6.45) is 1.32. The molecule has 0 aliphatic heterocycles. The van der Waals surface area contributed by atoms with E-state index in [0.29, 0.717) is 17.2 Å². The van der Waals surface area contributed by atoms with E-state index >= 15 is 0 Å². The van der Waals surface area contributed by atoms with Gasteiger partial charge in [0.2, 0.25) is 5.28 Å². The van der Waals surface area contributed by atoms with Crippen molar-refractivity contribution < 1.29 is 4.74 Å². The molecule has 16 heavy (non-hydrogen) atoms. The van der Waals surface area contributed by atoms with Gasteiger partial charge in [-0.25, -0.2) is 4.98 Å². The van der Waals surface area contributed by atoms with Crippen molar-refractivity contribution in [3.63, 3.8) is 0 Å². The summed E-state index contributed by atoms with van der Waals surface area (Å²) in [5.74, 6) is 0.410. The van der Waals surface area contributed by atoms with Crippen LogP contribution < -0.4 is 5.73 Å². The highest BCUT2D eigenvalue weighted by molar-refractivity contribution is 6.28. The summed E-state index contributed by atoms with van der Waals surface area (Å²) < 4.78 is 6.69. The van der Waals surface area contributed by atoms with Gasteiger partial charge in [0.05, 0.1) is 23.7 Å². The zero-order valence-electron chi connectivity index (χ0n) is 8.72. The lowest BCUT2D eigenvalue weighted by atomic mass is 10.2. The van der Waals surface area contributed by atoms with Crippen molar-refractivity contribution in [1.29, 1.82) is 0 Å². The van der Waals surface area contributed by atoms with Crippen LogP contribution in [0.15, 0.2) is 6.20 Å². The van der Waals surface area contributed by atoms with Gasteiger partial charge < -0.3 is 10.5 Å². The molecule has 0 saturated heterocycles. The highest BCUT2D eigenvalue weighted by Crippen LogP contribution is 2.22. The van der Waals surface area contributed by atoms with E-state index in [4.69, 9.17) is 22.1 Å². The minimum absolute atomic E-state index is 0. The molecule has 2 rings (SSSR count). The fourth-order valence-corrected chi connectivity index (χ4v) is 1.51. The summed E-state index contributed by atoms with van der Waals surface area (Å²) in [5, 5.41) is 4.13. The first-order valence-electron chi connectivity index (χ1n) is 4.33. The van der Waals surface area contributed by atoms with Crippen LogP contribution in [0.2, 0.25) is 5.28 Å². The van der Waals surface area contributed by atoms with E-state index in [1.165, 1.54) is 10.7 Å². The summed E-state index contributed by atoms with van der Waals surface area (Å²) in [5.41, 5.74) is 6.99. The van der Waals surface area contributed by atoms with Crippen LogP contribution in [0.4, 0.5) is 5.69 Å². The quantitative estimate of drug-likeness (QED) is 0.888. The Hall–Kier alpha value is -1.11. The topological polar surface area (TPSA) is 78.3 Å². The Morgan fingerprint density at radius 2 is 2.25 bits per heavy atom. The van der Waals surface area contributed by atoms with E-state index in [0.717, 1.165) is 0 Å². The summed E-state index contributed by atoms with van der Waals surface area (Å²) >= 11 is 5.69. The highest BCUT2D eigenvalue weighted by Gasteiger charge is 2.16. The first-order valence-corrected chi connectivity index (χ1v) is 4.70. The van der Waals surface area contributed by atoms with Crippen LogP contribution in [0.1, 0.15) is 18.7 Å². The molecule has 1 unspecified atom stereocenters. The highest BCUT2D eigenvalue weighted by atomic mass is 35.5. The smallest absolute Gasteiger partial charge is 0.253 e. The Morgan fingerprint density at radius 3 is 2.88 bits per heavy atom. The zero-order valence-corrected chi connectivity index (χ0v) is 10.3. The first kappa shape index (κ1) is 13.0. The number of hydrogen-bond donors (Lipinski definition) is 1. The van der Waals surface area contributed by atoms with Crippen LogP contribution in [0, 0.1) is 0 Å². The van der Waals surface area contributed by atoms with Crippen LogP contribution in [0.5, 0.6) is 0 Å². The van der Waals surface area contributed by atoms with Gasteiger partial charge >= 0.3 is 0 Å². The van der Waals surface area contributed by atoms with Crippen LogP contribution in [0.25, 0.3) is 5.78 Å². The van der Waals surface area contributed by atoms with E-state index in [2.05, 4.69) is 15.1 Å². The lowest BCUT2D eigenvalue weighted by Crippen LogP contribution is -2.10. The Labute approximate surface area is 103 Å². The third-order valence-electron chi connectivity index (χ3n) is 2.15. The van der Waals surface area contributed by atoms with Gasteiger partial charge in [0.25, 0.3) is 5.78 Å². The van der Waals surface area contributed by atoms with Crippen LogP contribution >= 0.6 is 24.0 Å². The molecule has 1 atom stereocenters. The number of hydrogen-bond acceptors (Lipinski definition) is 5. The summed E-state index contributed by atoms with van der Waals surface area (Å²) in [6, 6.07) is 0. The molecule has 2 aromatic rings. The normalized spacial score (nSPS) is 12.4. The summed E-state index contributed by atoms with van der Waals surface area (Å²) in [6.45, 7) is 1.86. The lowest BCUT2D eigenvalue weighted by molar-refractivity contribution is 0.114. The lowest BCUT2D eigenvalue weighted by Gasteiger charge is -2.12. The predicted octanol–water partition coefficient (Wildman–Crippen LogP) is 1.49. The van der Waals surface area contributed by atoms with Crippen molar-refractivity contribution in [2.75, 3.05) is 12.8 Å². The molecule has 2 heterocycles. The maximum Gasteiger partial charge on any atom is 0.253 e. The summed E-state index contributed by atoms with van der Waals surface area (Å²) in [7, 11) is 1.59. The Bertz CT molecular complexity index is 500. The van der Waals surface area contributed by atoms with Gasteiger partial charge in [-0.2, -0.15) is 9.50 Å². The molecule has 0 amide bonds. The SMILES string of the molecule is COC(C)c1c(N)cnc2nc(Cl)nn12.Cl. The van der Waals surface area contributed by atoms with Crippen molar-refractivity contribution >= 4 is 35.5 Å². The molecule has 0 radical (unpaired) electrons. The van der Waals surface area contributed by atoms with Gasteiger partial charge in [0.15, 0.2) is 0 Å². The maximum absolute atomic E-state index is 5.80. The first-order chi connectivity index (χ1) is 7.13. The minimum atomic E-state index is -0.201. The maximum atomic E-state index is 5.80. The van der Waals surface area contributed by atoms with Gasteiger partial charge in [-0.15, -0.1) is 17.5 Å². The third-order valence-corrected chi connectivity index (χ3v) is 2.31. The second-order valence-electron chi connectivity index (χ2n) is 3.07. The van der Waals surface area contributed by atoms with Crippen molar-refractivity contribution in [1.82, 2.24) is 19.6 Å². The van der Waals surface area contributed by atoms with Gasteiger partial charge in [-0.3, -0.25) is 0 Å². The molecule has 0 aliphatic rings. The molecule has 0 aliphatic carbocycles. The molecule has 2 aromatic heterocycles. The van der Waals surface area contributed by atoms with Gasteiger partial charge in [0.1, 0.15) is 0 Å². The van der Waals surface area contributed by atoms with E-state index < -0.39 is 0 Å². The van der Waals surface area contributed by atoms with Gasteiger partial charge in [0, 0.05) is 7.11 Å². The van der Waals surface area contributed by atoms with E-state index in [1.807, 2.05) is 6.92 Å². The molecule has 0 saturated carbocycles. The molecule has 2 N–H and O–H groups in total. The molecular formula is C8H11Cl2N5O. The fraction of sp³-hybridized carbons (Fsp3) is 0.375. The average molecular weight is 264 g/mol. The standard InChI is InChI=1S/C8H10ClN5O.ClH/c1-4(15-2)6-5(10)3-11-8-12-7(9)13-14(6)8;/h3-4H,10H2,1-2H3;1H. The number of ether oxygens (including phenoxy) is 1. The van der Waals surface area contributed by atoms with E-state index in [1.54, 1.807) is 7.11 Å². The number of methoxy groups -OCH3 is 1. The molecule has 0 aromatic carbocycles. The molecule has 6 nitrogen and oxygen atoms in total. The van der Waals surface area contributed by atoms with Gasteiger partial charge in [-0.05, 0) is 18.5 Å². The van der Waals surface area contributed by atoms with Crippen LogP contribution in [-0.2, 0) is 4.74 Å². The second-order valence-corrected chi connectivity index (χ2v) is 3.41. The van der Waals surface area contributed by atoms with Crippen molar-refractivity contribution in [2.45, 2.75) is 13.0 Å². The largest absolute Gasteiger partial charge is 0.396 e. The van der Waals surface area contributed by atoms with E-state index in [-0.39, 0.29) is 23.8 Å². The molecule has 0 fully saturated rings. The number of rotatable bonds is 2. The minimum Gasteiger partial charge on any atom is -0.396 e. The van der Waals surface area contributed by atoms with Gasteiger partial charge in [-0.1, -0.05) is 0 Å².